The Balaban J connectivity index is 1.86. The quantitative estimate of drug-likeness (QED) is 0.834. The van der Waals surface area contributed by atoms with E-state index < -0.39 is 0 Å². The van der Waals surface area contributed by atoms with E-state index in [0.29, 0.717) is 24.2 Å². The molecule has 0 aliphatic carbocycles. The van der Waals surface area contributed by atoms with E-state index in [1.807, 2.05) is 17.8 Å². The van der Waals surface area contributed by atoms with E-state index in [1.54, 1.807) is 6.20 Å². The largest absolute Gasteiger partial charge is 0.311 e. The molecule has 1 aromatic carbocycles. The van der Waals surface area contributed by atoms with E-state index in [2.05, 4.69) is 16.5 Å². The summed E-state index contributed by atoms with van der Waals surface area (Å²) in [6, 6.07) is 6.26. The van der Waals surface area contributed by atoms with Gasteiger partial charge in [0.15, 0.2) is 0 Å². The van der Waals surface area contributed by atoms with E-state index in [9.17, 15) is 4.39 Å². The second-order valence-corrected chi connectivity index (χ2v) is 4.37. The Labute approximate surface area is 111 Å². The molecule has 0 spiro atoms. The van der Waals surface area contributed by atoms with Crippen LogP contribution in [0.2, 0.25) is 0 Å². The van der Waals surface area contributed by atoms with Crippen LogP contribution in [0.3, 0.4) is 0 Å². The van der Waals surface area contributed by atoms with Gasteiger partial charge in [-0.1, -0.05) is 0 Å². The van der Waals surface area contributed by atoms with Crippen LogP contribution in [0.4, 0.5) is 4.39 Å². The number of aromatic nitrogens is 2. The molecule has 5 heteroatoms. The molecule has 4 nitrogen and oxygen atoms in total. The van der Waals surface area contributed by atoms with Crippen LogP contribution in [0, 0.1) is 24.1 Å². The zero-order valence-corrected chi connectivity index (χ0v) is 10.7. The molecule has 0 radical (unpaired) electrons. The third-order valence-corrected chi connectivity index (χ3v) is 2.78. The van der Waals surface area contributed by atoms with Gasteiger partial charge in [0.2, 0.25) is 0 Å². The Bertz CT molecular complexity index is 598. The highest BCUT2D eigenvalue weighted by molar-refractivity contribution is 5.37. The molecule has 0 unspecified atom stereocenters. The van der Waals surface area contributed by atoms with Gasteiger partial charge in [-0.05, 0) is 36.2 Å². The summed E-state index contributed by atoms with van der Waals surface area (Å²) in [5.41, 5.74) is 2.31. The summed E-state index contributed by atoms with van der Waals surface area (Å²) in [6.07, 6.45) is 3.77. The Hall–Kier alpha value is -2.19. The van der Waals surface area contributed by atoms with E-state index in [0.717, 1.165) is 12.1 Å². The zero-order chi connectivity index (χ0) is 13.7. The smallest absolute Gasteiger partial charge is 0.123 e. The summed E-state index contributed by atoms with van der Waals surface area (Å²) >= 11 is 0. The Morgan fingerprint density at radius 1 is 1.47 bits per heavy atom. The van der Waals surface area contributed by atoms with Crippen LogP contribution < -0.4 is 5.32 Å². The lowest BCUT2D eigenvalue weighted by atomic mass is 10.1. The molecular weight excluding hydrogens is 243 g/mol. The lowest BCUT2D eigenvalue weighted by Crippen LogP contribution is -2.20. The first kappa shape index (κ1) is 13.2. The summed E-state index contributed by atoms with van der Waals surface area (Å²) in [7, 11) is 0. The van der Waals surface area contributed by atoms with Gasteiger partial charge < -0.3 is 5.32 Å². The molecular formula is C14H15FN4. The summed E-state index contributed by atoms with van der Waals surface area (Å²) in [4.78, 5) is 0. The van der Waals surface area contributed by atoms with Crippen LogP contribution in [0.25, 0.3) is 0 Å². The first-order valence-corrected chi connectivity index (χ1v) is 6.07. The number of hydrogen-bond acceptors (Lipinski definition) is 3. The number of nitriles is 1. The molecule has 0 saturated carbocycles. The fourth-order valence-corrected chi connectivity index (χ4v) is 1.82. The fourth-order valence-electron chi connectivity index (χ4n) is 1.82. The average Bonchev–Trinajstić information content (AvgIpc) is 2.81. The molecule has 0 atom stereocenters. The third kappa shape index (κ3) is 3.63. The standard InChI is InChI=1S/C14H15FN4/c1-11-8-18-19(10-11)5-4-17-9-13-6-14(15)3-2-12(13)7-16/h2-3,6,8,10,17H,4-5,9H2,1H3. The molecule has 1 heterocycles. The van der Waals surface area contributed by atoms with Crippen molar-refractivity contribution < 1.29 is 4.39 Å². The first-order valence-electron chi connectivity index (χ1n) is 6.07. The van der Waals surface area contributed by atoms with Crippen molar-refractivity contribution in [1.29, 1.82) is 5.26 Å². The maximum absolute atomic E-state index is 13.1. The van der Waals surface area contributed by atoms with Crippen molar-refractivity contribution >= 4 is 0 Å². The van der Waals surface area contributed by atoms with Gasteiger partial charge in [0, 0.05) is 19.3 Å². The number of aryl methyl sites for hydroxylation is 1. The van der Waals surface area contributed by atoms with Gasteiger partial charge in [-0.15, -0.1) is 0 Å². The van der Waals surface area contributed by atoms with Crippen LogP contribution in [0.5, 0.6) is 0 Å². The van der Waals surface area contributed by atoms with Crippen LogP contribution in [-0.4, -0.2) is 16.3 Å². The average molecular weight is 258 g/mol. The van der Waals surface area contributed by atoms with Crippen LogP contribution in [-0.2, 0) is 13.1 Å². The van der Waals surface area contributed by atoms with Crippen molar-refractivity contribution in [2.24, 2.45) is 0 Å². The minimum absolute atomic E-state index is 0.321. The number of benzene rings is 1. The van der Waals surface area contributed by atoms with Gasteiger partial charge >= 0.3 is 0 Å². The normalized spacial score (nSPS) is 10.4. The lowest BCUT2D eigenvalue weighted by molar-refractivity contribution is 0.552. The lowest BCUT2D eigenvalue weighted by Gasteiger charge is -2.07. The molecule has 1 N–H and O–H groups in total. The topological polar surface area (TPSA) is 53.6 Å². The van der Waals surface area contributed by atoms with Crippen LogP contribution in [0.15, 0.2) is 30.6 Å². The SMILES string of the molecule is Cc1cnn(CCNCc2cc(F)ccc2C#N)c1. The highest BCUT2D eigenvalue weighted by Gasteiger charge is 2.03. The molecule has 98 valence electrons. The van der Waals surface area contributed by atoms with Gasteiger partial charge in [0.25, 0.3) is 0 Å². The Morgan fingerprint density at radius 3 is 3.00 bits per heavy atom. The Morgan fingerprint density at radius 2 is 2.32 bits per heavy atom. The number of nitrogens with one attached hydrogen (secondary N) is 1. The minimum atomic E-state index is -0.321. The van der Waals surface area contributed by atoms with E-state index in [-0.39, 0.29) is 5.82 Å². The van der Waals surface area contributed by atoms with Crippen molar-refractivity contribution in [2.45, 2.75) is 20.0 Å². The summed E-state index contributed by atoms with van der Waals surface area (Å²) in [5.74, 6) is -0.321. The Kier molecular flexibility index (Phi) is 4.26. The summed E-state index contributed by atoms with van der Waals surface area (Å²) < 4.78 is 15.0. The fraction of sp³-hybridized carbons (Fsp3) is 0.286. The number of rotatable bonds is 5. The predicted octanol–water partition coefficient (Wildman–Crippen LogP) is 1.99. The molecule has 0 bridgehead atoms. The molecule has 2 rings (SSSR count). The monoisotopic (exact) mass is 258 g/mol. The van der Waals surface area contributed by atoms with Crippen LogP contribution in [0.1, 0.15) is 16.7 Å². The first-order chi connectivity index (χ1) is 9.19. The second kappa shape index (κ2) is 6.12. The maximum atomic E-state index is 13.1. The predicted molar refractivity (Wildman–Crippen MR) is 69.8 cm³/mol. The van der Waals surface area contributed by atoms with Crippen molar-refractivity contribution in [3.63, 3.8) is 0 Å². The van der Waals surface area contributed by atoms with E-state index in [1.165, 1.54) is 18.2 Å². The second-order valence-electron chi connectivity index (χ2n) is 4.37. The highest BCUT2D eigenvalue weighted by Crippen LogP contribution is 2.09. The molecule has 1 aromatic heterocycles. The van der Waals surface area contributed by atoms with Gasteiger partial charge in [-0.3, -0.25) is 4.68 Å². The molecule has 0 aliphatic rings. The van der Waals surface area contributed by atoms with Crippen molar-refractivity contribution in [3.8, 4) is 6.07 Å². The third-order valence-electron chi connectivity index (χ3n) is 2.78. The molecule has 0 aliphatic heterocycles. The summed E-state index contributed by atoms with van der Waals surface area (Å²) in [6.45, 7) is 3.91. The molecule has 19 heavy (non-hydrogen) atoms. The summed E-state index contributed by atoms with van der Waals surface area (Å²) in [5, 5.41) is 16.3. The molecule has 0 fully saturated rings. The van der Waals surface area contributed by atoms with Gasteiger partial charge in [0.05, 0.1) is 24.4 Å². The number of halogens is 1. The highest BCUT2D eigenvalue weighted by atomic mass is 19.1. The van der Waals surface area contributed by atoms with E-state index >= 15 is 0 Å². The zero-order valence-electron chi connectivity index (χ0n) is 10.7. The maximum Gasteiger partial charge on any atom is 0.123 e. The molecule has 0 amide bonds. The number of hydrogen-bond donors (Lipinski definition) is 1. The van der Waals surface area contributed by atoms with Gasteiger partial charge in [-0.25, -0.2) is 4.39 Å². The molecule has 2 aromatic rings. The van der Waals surface area contributed by atoms with Crippen molar-refractivity contribution in [3.05, 3.63) is 53.1 Å². The van der Waals surface area contributed by atoms with Gasteiger partial charge in [0.1, 0.15) is 5.82 Å². The van der Waals surface area contributed by atoms with Crippen molar-refractivity contribution in [1.82, 2.24) is 15.1 Å². The number of nitrogens with zero attached hydrogens (tertiary/aromatic N) is 3. The molecule has 0 saturated heterocycles. The van der Waals surface area contributed by atoms with E-state index in [4.69, 9.17) is 5.26 Å². The minimum Gasteiger partial charge on any atom is -0.311 e. The van der Waals surface area contributed by atoms with Crippen LogP contribution >= 0.6 is 0 Å². The van der Waals surface area contributed by atoms with Gasteiger partial charge in [-0.2, -0.15) is 10.4 Å². The van der Waals surface area contributed by atoms with Crippen molar-refractivity contribution in [2.75, 3.05) is 6.54 Å².